The molecule has 11 heteroatoms. The Morgan fingerprint density at radius 2 is 2.04 bits per heavy atom. The first-order valence-electron chi connectivity index (χ1n) is 6.95. The Balaban J connectivity index is 1.86. The van der Waals surface area contributed by atoms with E-state index in [9.17, 15) is 27.6 Å². The highest BCUT2D eigenvalue weighted by atomic mass is 19.4. The number of rotatable bonds is 5. The van der Waals surface area contributed by atoms with Gasteiger partial charge in [0.25, 0.3) is 5.91 Å². The van der Waals surface area contributed by atoms with Crippen molar-refractivity contribution in [3.63, 3.8) is 0 Å². The maximum atomic E-state index is 12.7. The van der Waals surface area contributed by atoms with E-state index in [0.29, 0.717) is 0 Å². The van der Waals surface area contributed by atoms with Crippen LogP contribution in [0.2, 0.25) is 0 Å². The number of nitrogens with zero attached hydrogens (tertiary/aromatic N) is 2. The fourth-order valence-electron chi connectivity index (χ4n) is 2.06. The van der Waals surface area contributed by atoms with Crippen LogP contribution in [-0.4, -0.2) is 40.4 Å². The number of aryl methyl sites for hydroxylation is 1. The minimum Gasteiger partial charge on any atom is -0.356 e. The van der Waals surface area contributed by atoms with Gasteiger partial charge in [-0.1, -0.05) is 0 Å². The zero-order valence-electron chi connectivity index (χ0n) is 12.5. The minimum absolute atomic E-state index is 0.000276. The number of hydrogen-bond donors (Lipinski definition) is 3. The Morgan fingerprint density at radius 1 is 1.33 bits per heavy atom. The van der Waals surface area contributed by atoms with E-state index in [2.05, 4.69) is 20.6 Å². The van der Waals surface area contributed by atoms with Gasteiger partial charge in [0.15, 0.2) is 0 Å². The smallest absolute Gasteiger partial charge is 0.356 e. The van der Waals surface area contributed by atoms with Crippen LogP contribution >= 0.6 is 0 Å². The number of carbonyl (C=O) groups excluding carboxylic acids is 3. The van der Waals surface area contributed by atoms with Gasteiger partial charge in [0, 0.05) is 18.7 Å². The van der Waals surface area contributed by atoms with Crippen molar-refractivity contribution >= 4 is 17.8 Å². The number of halogens is 3. The number of urea groups is 1. The summed E-state index contributed by atoms with van der Waals surface area (Å²) in [4.78, 5) is 41.2. The van der Waals surface area contributed by atoms with E-state index in [0.717, 1.165) is 6.07 Å². The average molecular weight is 345 g/mol. The van der Waals surface area contributed by atoms with Crippen LogP contribution in [0.4, 0.5) is 18.0 Å². The molecule has 3 N–H and O–H groups in total. The lowest BCUT2D eigenvalue weighted by atomic mass is 10.2. The van der Waals surface area contributed by atoms with Crippen molar-refractivity contribution in [1.82, 2.24) is 25.9 Å². The topological polar surface area (TPSA) is 113 Å². The van der Waals surface area contributed by atoms with E-state index in [1.54, 1.807) is 0 Å². The number of amides is 4. The van der Waals surface area contributed by atoms with Gasteiger partial charge in [-0.2, -0.15) is 13.2 Å². The van der Waals surface area contributed by atoms with Gasteiger partial charge < -0.3 is 10.6 Å². The predicted molar refractivity (Wildman–Crippen MR) is 73.6 cm³/mol. The Hall–Kier alpha value is -2.72. The molecule has 8 nitrogen and oxygen atoms in total. The van der Waals surface area contributed by atoms with Crippen molar-refractivity contribution in [3.8, 4) is 0 Å². The first kappa shape index (κ1) is 17.6. The molecule has 1 aliphatic heterocycles. The van der Waals surface area contributed by atoms with Gasteiger partial charge >= 0.3 is 12.2 Å². The highest BCUT2D eigenvalue weighted by Gasteiger charge is 2.33. The van der Waals surface area contributed by atoms with Gasteiger partial charge in [0.1, 0.15) is 17.6 Å². The largest absolute Gasteiger partial charge is 0.433 e. The summed E-state index contributed by atoms with van der Waals surface area (Å²) in [6.07, 6.45) is -4.83. The summed E-state index contributed by atoms with van der Waals surface area (Å²) in [5, 5.41) is 6.69. The van der Waals surface area contributed by atoms with E-state index in [-0.39, 0.29) is 30.9 Å². The molecule has 0 aromatic carbocycles. The lowest BCUT2D eigenvalue weighted by molar-refractivity contribution is -0.141. The Bertz CT molecular complexity index is 677. The van der Waals surface area contributed by atoms with E-state index < -0.39 is 35.8 Å². The fraction of sp³-hybridized carbons (Fsp3) is 0.462. The summed E-state index contributed by atoms with van der Waals surface area (Å²) in [5.41, 5.74) is -0.870. The standard InChI is InChI=1S/C13H14F3N5O3/c1-6-4-8(13(14,15)16)20-9(18-6)2-3-17-10(22)5-7-11(23)21-12(24)19-7/h4,7H,2-3,5H2,1H3,(H,17,22)(H2,19,21,23,24)/t7-/m1/s1. The van der Waals surface area contributed by atoms with Gasteiger partial charge in [-0.25, -0.2) is 14.8 Å². The van der Waals surface area contributed by atoms with Crippen LogP contribution in [0.5, 0.6) is 0 Å². The molecule has 0 spiro atoms. The monoisotopic (exact) mass is 345 g/mol. The van der Waals surface area contributed by atoms with E-state index in [1.165, 1.54) is 6.92 Å². The van der Waals surface area contributed by atoms with Crippen molar-refractivity contribution in [2.45, 2.75) is 32.0 Å². The maximum absolute atomic E-state index is 12.7. The molecule has 4 amide bonds. The molecule has 0 saturated carbocycles. The van der Waals surface area contributed by atoms with Crippen molar-refractivity contribution in [1.29, 1.82) is 0 Å². The molecule has 24 heavy (non-hydrogen) atoms. The van der Waals surface area contributed by atoms with Crippen LogP contribution in [0.25, 0.3) is 0 Å². The normalized spacial score (nSPS) is 17.4. The molecule has 2 heterocycles. The van der Waals surface area contributed by atoms with Crippen LogP contribution in [0.3, 0.4) is 0 Å². The van der Waals surface area contributed by atoms with Crippen LogP contribution in [-0.2, 0) is 22.2 Å². The third kappa shape index (κ3) is 4.64. The van der Waals surface area contributed by atoms with Gasteiger partial charge in [-0.15, -0.1) is 0 Å². The molecular weight excluding hydrogens is 331 g/mol. The molecule has 1 aromatic rings. The summed E-state index contributed by atoms with van der Waals surface area (Å²) in [5.74, 6) is -1.18. The molecule has 1 atom stereocenters. The first-order chi connectivity index (χ1) is 11.1. The summed E-state index contributed by atoms with van der Waals surface area (Å²) in [6.45, 7) is 1.42. The van der Waals surface area contributed by atoms with E-state index in [4.69, 9.17) is 0 Å². The van der Waals surface area contributed by atoms with Crippen LogP contribution in [0.15, 0.2) is 6.07 Å². The number of aromatic nitrogens is 2. The molecule has 1 fully saturated rings. The van der Waals surface area contributed by atoms with Crippen LogP contribution in [0.1, 0.15) is 23.6 Å². The van der Waals surface area contributed by atoms with Gasteiger partial charge in [-0.3, -0.25) is 14.9 Å². The second-order valence-corrected chi connectivity index (χ2v) is 5.13. The van der Waals surface area contributed by atoms with E-state index in [1.807, 2.05) is 5.32 Å². The molecule has 130 valence electrons. The van der Waals surface area contributed by atoms with Gasteiger partial charge in [0.05, 0.1) is 6.42 Å². The zero-order valence-corrected chi connectivity index (χ0v) is 12.5. The minimum atomic E-state index is -4.57. The first-order valence-corrected chi connectivity index (χ1v) is 6.95. The van der Waals surface area contributed by atoms with Crippen LogP contribution in [0, 0.1) is 6.92 Å². The summed E-state index contributed by atoms with van der Waals surface area (Å²) in [7, 11) is 0. The van der Waals surface area contributed by atoms with Crippen molar-refractivity contribution < 1.29 is 27.6 Å². The van der Waals surface area contributed by atoms with Gasteiger partial charge in [-0.05, 0) is 13.0 Å². The van der Waals surface area contributed by atoms with Crippen molar-refractivity contribution in [2.75, 3.05) is 6.54 Å². The highest BCUT2D eigenvalue weighted by Crippen LogP contribution is 2.27. The number of alkyl halides is 3. The average Bonchev–Trinajstić information content (AvgIpc) is 2.75. The highest BCUT2D eigenvalue weighted by molar-refractivity contribution is 6.05. The third-order valence-corrected chi connectivity index (χ3v) is 3.11. The summed E-state index contributed by atoms with van der Waals surface area (Å²) < 4.78 is 38.0. The Morgan fingerprint density at radius 3 is 2.62 bits per heavy atom. The lowest BCUT2D eigenvalue weighted by Crippen LogP contribution is -2.36. The molecule has 2 rings (SSSR count). The molecule has 1 saturated heterocycles. The number of imide groups is 1. The van der Waals surface area contributed by atoms with Crippen LogP contribution < -0.4 is 16.0 Å². The summed E-state index contributed by atoms with van der Waals surface area (Å²) in [6, 6.07) is -0.793. The summed E-state index contributed by atoms with van der Waals surface area (Å²) >= 11 is 0. The molecule has 1 aromatic heterocycles. The number of hydrogen-bond acceptors (Lipinski definition) is 5. The fourth-order valence-corrected chi connectivity index (χ4v) is 2.06. The molecule has 0 unspecified atom stereocenters. The predicted octanol–water partition coefficient (Wildman–Crippen LogP) is 0.0606. The van der Waals surface area contributed by atoms with Crippen molar-refractivity contribution in [2.24, 2.45) is 0 Å². The number of carbonyl (C=O) groups is 3. The van der Waals surface area contributed by atoms with Crippen molar-refractivity contribution in [3.05, 3.63) is 23.3 Å². The molecular formula is C13H14F3N5O3. The molecule has 1 aliphatic rings. The molecule has 0 bridgehead atoms. The third-order valence-electron chi connectivity index (χ3n) is 3.11. The van der Waals surface area contributed by atoms with E-state index >= 15 is 0 Å². The molecule has 0 radical (unpaired) electrons. The lowest BCUT2D eigenvalue weighted by Gasteiger charge is -2.10. The second-order valence-electron chi connectivity index (χ2n) is 5.13. The quantitative estimate of drug-likeness (QED) is 0.653. The second kappa shape index (κ2) is 6.81. The Labute approximate surface area is 134 Å². The van der Waals surface area contributed by atoms with Gasteiger partial charge in [0.2, 0.25) is 5.91 Å². The zero-order chi connectivity index (χ0) is 17.9. The number of nitrogens with one attached hydrogen (secondary N) is 3. The molecule has 0 aliphatic carbocycles. The SMILES string of the molecule is Cc1cc(C(F)(F)F)nc(CCNC(=O)C[C@H]2NC(=O)NC2=O)n1. The maximum Gasteiger partial charge on any atom is 0.433 e. The Kier molecular flexibility index (Phi) is 5.00.